The Bertz CT molecular complexity index is 956. The van der Waals surface area contributed by atoms with Gasteiger partial charge in [-0.3, -0.25) is 0 Å². The Labute approximate surface area is 143 Å². The summed E-state index contributed by atoms with van der Waals surface area (Å²) in [5.74, 6) is 0.945. The van der Waals surface area contributed by atoms with Crippen molar-refractivity contribution in [2.24, 2.45) is 15.4 Å². The molecule has 1 N–H and O–H groups in total. The molecule has 1 aromatic carbocycles. The first-order valence-electron chi connectivity index (χ1n) is 7.84. The fourth-order valence-corrected chi connectivity index (χ4v) is 3.63. The quantitative estimate of drug-likeness (QED) is 0.773. The summed E-state index contributed by atoms with van der Waals surface area (Å²) in [6, 6.07) is 6.28. The van der Waals surface area contributed by atoms with Gasteiger partial charge in [-0.2, -0.15) is 16.5 Å². The lowest BCUT2D eigenvalue weighted by Gasteiger charge is -2.13. The summed E-state index contributed by atoms with van der Waals surface area (Å²) in [4.78, 5) is 7.02. The van der Waals surface area contributed by atoms with E-state index < -0.39 is 0 Å². The van der Waals surface area contributed by atoms with Crippen LogP contribution in [-0.4, -0.2) is 49.3 Å². The third kappa shape index (κ3) is 2.76. The number of pyridine rings is 1. The van der Waals surface area contributed by atoms with Gasteiger partial charge in [0.05, 0.1) is 11.2 Å². The van der Waals surface area contributed by atoms with Crippen molar-refractivity contribution in [3.05, 3.63) is 34.5 Å². The van der Waals surface area contributed by atoms with Crippen LogP contribution in [-0.2, 0) is 0 Å². The molecule has 2 aromatic heterocycles. The molecule has 0 amide bonds. The lowest BCUT2D eigenvalue weighted by Crippen LogP contribution is -2.21. The minimum absolute atomic E-state index is 0.542. The number of benzene rings is 1. The number of anilines is 1. The second kappa shape index (κ2) is 6.26. The number of hydrogen-bond acceptors (Lipinski definition) is 7. The molecule has 0 atom stereocenters. The highest BCUT2D eigenvalue weighted by Crippen LogP contribution is 2.32. The fraction of sp³-hybridized carbons (Fsp3) is 0.294. The van der Waals surface area contributed by atoms with Gasteiger partial charge >= 0.3 is 0 Å². The van der Waals surface area contributed by atoms with Crippen molar-refractivity contribution in [1.29, 1.82) is 0 Å². The second-order valence-corrected chi connectivity index (χ2v) is 6.80. The first-order valence-corrected chi connectivity index (χ1v) is 8.78. The molecule has 0 bridgehead atoms. The number of thiophene rings is 1. The Morgan fingerprint density at radius 3 is 2.83 bits per heavy atom. The molecule has 0 unspecified atom stereocenters. The van der Waals surface area contributed by atoms with Crippen LogP contribution in [0.2, 0.25) is 0 Å². The molecule has 6 nitrogen and oxygen atoms in total. The first kappa shape index (κ1) is 15.2. The van der Waals surface area contributed by atoms with Crippen LogP contribution in [0.3, 0.4) is 0 Å². The van der Waals surface area contributed by atoms with Crippen LogP contribution < -0.4 is 5.32 Å². The van der Waals surface area contributed by atoms with Crippen molar-refractivity contribution in [2.75, 3.05) is 39.0 Å². The fourth-order valence-electron chi connectivity index (χ4n) is 2.80. The summed E-state index contributed by atoms with van der Waals surface area (Å²) in [5.41, 5.74) is 2.90. The lowest BCUT2D eigenvalue weighted by molar-refractivity contribution is 0.425. The van der Waals surface area contributed by atoms with E-state index in [1.807, 2.05) is 0 Å². The maximum absolute atomic E-state index is 4.87. The summed E-state index contributed by atoms with van der Waals surface area (Å²) in [6.45, 7) is 2.37. The van der Waals surface area contributed by atoms with E-state index in [1.54, 1.807) is 11.3 Å². The van der Waals surface area contributed by atoms with Gasteiger partial charge in [0.2, 0.25) is 0 Å². The third-order valence-electron chi connectivity index (χ3n) is 4.07. The van der Waals surface area contributed by atoms with E-state index in [1.165, 1.54) is 16.2 Å². The van der Waals surface area contributed by atoms with Crippen LogP contribution in [0.4, 0.5) is 5.82 Å². The minimum atomic E-state index is 0.542. The topological polar surface area (TPSA) is 65.2 Å². The smallest absolute Gasteiger partial charge is 0.135 e. The van der Waals surface area contributed by atoms with Gasteiger partial charge in [0, 0.05) is 40.2 Å². The van der Waals surface area contributed by atoms with Gasteiger partial charge in [0.1, 0.15) is 12.4 Å². The van der Waals surface area contributed by atoms with Gasteiger partial charge in [-0.15, -0.1) is 5.10 Å². The number of nitrogens with one attached hydrogen (secondary N) is 1. The van der Waals surface area contributed by atoms with Crippen molar-refractivity contribution in [3.8, 4) is 0 Å². The maximum Gasteiger partial charge on any atom is 0.135 e. The van der Waals surface area contributed by atoms with Crippen LogP contribution in [0.5, 0.6) is 0 Å². The van der Waals surface area contributed by atoms with E-state index in [0.717, 1.165) is 35.7 Å². The van der Waals surface area contributed by atoms with Gasteiger partial charge in [-0.05, 0) is 30.8 Å². The number of nitrogens with zero attached hydrogens (tertiary/aromatic N) is 5. The predicted molar refractivity (Wildman–Crippen MR) is 100 cm³/mol. The van der Waals surface area contributed by atoms with Crippen LogP contribution >= 0.6 is 11.3 Å². The molecule has 24 heavy (non-hydrogen) atoms. The number of hydrogen-bond donors (Lipinski definition) is 1. The number of rotatable bonds is 5. The van der Waals surface area contributed by atoms with Crippen molar-refractivity contribution in [2.45, 2.75) is 0 Å². The zero-order chi connectivity index (χ0) is 16.5. The Kier molecular flexibility index (Phi) is 3.95. The van der Waals surface area contributed by atoms with Crippen molar-refractivity contribution in [3.63, 3.8) is 0 Å². The van der Waals surface area contributed by atoms with Gasteiger partial charge in [-0.25, -0.2) is 4.98 Å². The monoisotopic (exact) mass is 338 g/mol. The minimum Gasteiger partial charge on any atom is -0.368 e. The largest absolute Gasteiger partial charge is 0.368 e. The molecular weight excluding hydrogens is 320 g/mol. The van der Waals surface area contributed by atoms with Crippen molar-refractivity contribution >= 4 is 44.5 Å². The van der Waals surface area contributed by atoms with Crippen molar-refractivity contribution < 1.29 is 0 Å². The zero-order valence-corrected chi connectivity index (χ0v) is 14.5. The molecule has 0 fully saturated rings. The molecule has 0 radical (unpaired) electrons. The SMILES string of the molecule is CN(C)CCNc1nc2cc(C3=NN=NC3)ccc2c2cscc12. The summed E-state index contributed by atoms with van der Waals surface area (Å²) in [7, 11) is 4.14. The van der Waals surface area contributed by atoms with E-state index in [2.05, 4.69) is 68.7 Å². The average Bonchev–Trinajstić information content (AvgIpc) is 3.26. The van der Waals surface area contributed by atoms with E-state index in [4.69, 9.17) is 4.98 Å². The van der Waals surface area contributed by atoms with E-state index >= 15 is 0 Å². The van der Waals surface area contributed by atoms with Crippen LogP contribution in [0.1, 0.15) is 5.56 Å². The highest BCUT2D eigenvalue weighted by atomic mass is 32.1. The highest BCUT2D eigenvalue weighted by Gasteiger charge is 2.13. The molecular formula is C17H18N6S. The molecule has 0 saturated heterocycles. The maximum atomic E-state index is 4.87. The summed E-state index contributed by atoms with van der Waals surface area (Å²) in [5, 5.41) is 23.1. The Hall–Kier alpha value is -2.38. The van der Waals surface area contributed by atoms with Gasteiger partial charge < -0.3 is 10.2 Å². The second-order valence-electron chi connectivity index (χ2n) is 6.06. The molecule has 1 aliphatic rings. The average molecular weight is 338 g/mol. The van der Waals surface area contributed by atoms with Crippen molar-refractivity contribution in [1.82, 2.24) is 9.88 Å². The Balaban J connectivity index is 1.77. The molecule has 0 saturated carbocycles. The highest BCUT2D eigenvalue weighted by molar-refractivity contribution is 7.09. The Morgan fingerprint density at radius 2 is 2.04 bits per heavy atom. The predicted octanol–water partition coefficient (Wildman–Crippen LogP) is 3.59. The van der Waals surface area contributed by atoms with E-state index in [0.29, 0.717) is 6.54 Å². The van der Waals surface area contributed by atoms with Gasteiger partial charge in [0.15, 0.2) is 0 Å². The molecule has 7 heteroatoms. The van der Waals surface area contributed by atoms with Crippen LogP contribution in [0.25, 0.3) is 21.7 Å². The molecule has 0 aliphatic carbocycles. The van der Waals surface area contributed by atoms with E-state index in [9.17, 15) is 0 Å². The normalized spacial score (nSPS) is 14.0. The summed E-state index contributed by atoms with van der Waals surface area (Å²) < 4.78 is 0. The van der Waals surface area contributed by atoms with Crippen LogP contribution in [0, 0.1) is 0 Å². The standard InChI is InChI=1S/C17H18N6S/c1-23(2)6-5-18-17-14-10-24-9-13(14)12-4-3-11(7-15(12)20-17)16-8-19-22-21-16/h3-4,7,9-10H,5-6,8H2,1-2H3,(H,18,20). The lowest BCUT2D eigenvalue weighted by atomic mass is 10.0. The third-order valence-corrected chi connectivity index (χ3v) is 4.81. The molecule has 0 spiro atoms. The summed E-state index contributed by atoms with van der Waals surface area (Å²) >= 11 is 1.71. The molecule has 3 heterocycles. The summed E-state index contributed by atoms with van der Waals surface area (Å²) in [6.07, 6.45) is 0. The van der Waals surface area contributed by atoms with E-state index in [-0.39, 0.29) is 0 Å². The first-order chi connectivity index (χ1) is 11.7. The number of fused-ring (bicyclic) bond motifs is 3. The Morgan fingerprint density at radius 1 is 1.17 bits per heavy atom. The van der Waals surface area contributed by atoms with Gasteiger partial charge in [0.25, 0.3) is 0 Å². The van der Waals surface area contributed by atoms with Crippen LogP contribution in [0.15, 0.2) is 44.4 Å². The zero-order valence-electron chi connectivity index (χ0n) is 13.7. The molecule has 122 valence electrons. The van der Waals surface area contributed by atoms with Gasteiger partial charge in [-0.1, -0.05) is 12.1 Å². The molecule has 1 aliphatic heterocycles. The number of likely N-dealkylation sites (N-methyl/N-ethyl adjacent to an activating group) is 1. The molecule has 4 rings (SSSR count). The molecule has 3 aromatic rings. The number of aromatic nitrogens is 1.